The highest BCUT2D eigenvalue weighted by Gasteiger charge is 2.20. The van der Waals surface area contributed by atoms with Gasteiger partial charge in [0.15, 0.2) is 0 Å². The summed E-state index contributed by atoms with van der Waals surface area (Å²) in [7, 11) is 0. The zero-order chi connectivity index (χ0) is 15.5. The maximum atomic E-state index is 6.17. The molecule has 21 heavy (non-hydrogen) atoms. The largest absolute Gasteiger partial charge is 0.457 e. The molecule has 0 aromatic heterocycles. The minimum atomic E-state index is 0.0381. The van der Waals surface area contributed by atoms with Crippen molar-refractivity contribution in [3.05, 3.63) is 59.2 Å². The summed E-state index contributed by atoms with van der Waals surface area (Å²) in [6, 6.07) is 14.4. The van der Waals surface area contributed by atoms with Gasteiger partial charge >= 0.3 is 0 Å². The van der Waals surface area contributed by atoms with E-state index >= 15 is 0 Å². The molecule has 0 spiro atoms. The first-order valence-corrected chi connectivity index (χ1v) is 7.94. The van der Waals surface area contributed by atoms with Crippen molar-refractivity contribution < 1.29 is 4.74 Å². The molecule has 2 rings (SSSR count). The number of benzene rings is 2. The summed E-state index contributed by atoms with van der Waals surface area (Å²) in [6.45, 7) is 8.80. The number of alkyl halides is 1. The molecule has 0 heterocycles. The molecule has 0 unspecified atom stereocenters. The fourth-order valence-electron chi connectivity index (χ4n) is 2.30. The highest BCUT2D eigenvalue weighted by molar-refractivity contribution is 6.17. The average molecular weight is 303 g/mol. The first-order valence-electron chi connectivity index (χ1n) is 7.41. The van der Waals surface area contributed by atoms with Crippen molar-refractivity contribution in [1.82, 2.24) is 0 Å². The van der Waals surface area contributed by atoms with Crippen LogP contribution in [0.1, 0.15) is 44.4 Å². The minimum Gasteiger partial charge on any atom is -0.457 e. The van der Waals surface area contributed by atoms with Crippen molar-refractivity contribution in [2.24, 2.45) is 0 Å². The second kappa shape index (κ2) is 6.53. The van der Waals surface area contributed by atoms with E-state index in [9.17, 15) is 0 Å². The number of rotatable bonds is 4. The van der Waals surface area contributed by atoms with E-state index < -0.39 is 0 Å². The van der Waals surface area contributed by atoms with Crippen LogP contribution < -0.4 is 4.74 Å². The summed E-state index contributed by atoms with van der Waals surface area (Å²) in [5.41, 5.74) is 3.61. The first-order chi connectivity index (χ1) is 9.95. The van der Waals surface area contributed by atoms with E-state index in [-0.39, 0.29) is 5.41 Å². The summed E-state index contributed by atoms with van der Waals surface area (Å²) in [5.74, 6) is 2.20. The fourth-order valence-corrected chi connectivity index (χ4v) is 2.53. The summed E-state index contributed by atoms with van der Waals surface area (Å²) in [5, 5.41) is 0. The van der Waals surface area contributed by atoms with Crippen LogP contribution in [0, 0.1) is 0 Å². The average Bonchev–Trinajstić information content (AvgIpc) is 2.47. The normalized spacial score (nSPS) is 11.5. The number of halogens is 1. The minimum absolute atomic E-state index is 0.0381. The van der Waals surface area contributed by atoms with Gasteiger partial charge in [0.1, 0.15) is 11.5 Å². The van der Waals surface area contributed by atoms with Gasteiger partial charge in [0.05, 0.1) is 5.88 Å². The SMILES string of the molecule is CCc1ccc(Oc2ccccc2CCl)c(C(C)(C)C)c1. The van der Waals surface area contributed by atoms with Gasteiger partial charge in [-0.3, -0.25) is 0 Å². The molecule has 112 valence electrons. The lowest BCUT2D eigenvalue weighted by Gasteiger charge is -2.24. The third-order valence-electron chi connectivity index (χ3n) is 3.60. The third-order valence-corrected chi connectivity index (χ3v) is 3.88. The molecule has 0 aliphatic rings. The second-order valence-corrected chi connectivity index (χ2v) is 6.54. The van der Waals surface area contributed by atoms with Crippen LogP contribution >= 0.6 is 11.6 Å². The summed E-state index contributed by atoms with van der Waals surface area (Å²) >= 11 is 6.00. The molecule has 0 fully saturated rings. The Kier molecular flexibility index (Phi) is 4.95. The van der Waals surface area contributed by atoms with E-state index in [4.69, 9.17) is 16.3 Å². The maximum absolute atomic E-state index is 6.17. The van der Waals surface area contributed by atoms with E-state index in [1.807, 2.05) is 24.3 Å². The van der Waals surface area contributed by atoms with Crippen LogP contribution in [0.2, 0.25) is 0 Å². The van der Waals surface area contributed by atoms with Gasteiger partial charge < -0.3 is 4.74 Å². The van der Waals surface area contributed by atoms with Crippen molar-refractivity contribution in [3.8, 4) is 11.5 Å². The van der Waals surface area contributed by atoms with Gasteiger partial charge in [0.25, 0.3) is 0 Å². The molecule has 0 N–H and O–H groups in total. The summed E-state index contributed by atoms with van der Waals surface area (Å²) < 4.78 is 6.17. The smallest absolute Gasteiger partial charge is 0.131 e. The predicted octanol–water partition coefficient (Wildman–Crippen LogP) is 6.08. The molecule has 2 heteroatoms. The van der Waals surface area contributed by atoms with Crippen molar-refractivity contribution >= 4 is 11.6 Å². The Morgan fingerprint density at radius 1 is 1.00 bits per heavy atom. The Labute approximate surface area is 132 Å². The lowest BCUT2D eigenvalue weighted by molar-refractivity contribution is 0.451. The van der Waals surface area contributed by atoms with E-state index in [2.05, 4.69) is 45.9 Å². The molecule has 0 atom stereocenters. The van der Waals surface area contributed by atoms with Crippen molar-refractivity contribution in [1.29, 1.82) is 0 Å². The molecule has 0 saturated carbocycles. The topological polar surface area (TPSA) is 9.23 Å². The lowest BCUT2D eigenvalue weighted by Crippen LogP contribution is -2.13. The molecular formula is C19H23ClO. The molecule has 0 saturated heterocycles. The molecule has 0 amide bonds. The second-order valence-electron chi connectivity index (χ2n) is 6.28. The monoisotopic (exact) mass is 302 g/mol. The molecule has 2 aromatic carbocycles. The zero-order valence-electron chi connectivity index (χ0n) is 13.2. The molecule has 0 radical (unpaired) electrons. The summed E-state index contributed by atoms with van der Waals surface area (Å²) in [4.78, 5) is 0. The molecule has 0 aliphatic carbocycles. The van der Waals surface area contributed by atoms with Crippen molar-refractivity contribution in [2.45, 2.75) is 45.4 Å². The standard InChI is InChI=1S/C19H23ClO/c1-5-14-10-11-18(16(12-14)19(2,3)4)21-17-9-7-6-8-15(17)13-20/h6-12H,5,13H2,1-4H3. The van der Waals surface area contributed by atoms with E-state index in [1.165, 1.54) is 11.1 Å². The highest BCUT2D eigenvalue weighted by atomic mass is 35.5. The molecule has 1 nitrogen and oxygen atoms in total. The number of para-hydroxylation sites is 1. The molecule has 0 bridgehead atoms. The third kappa shape index (κ3) is 3.79. The first kappa shape index (κ1) is 15.9. The van der Waals surface area contributed by atoms with Crippen molar-refractivity contribution in [2.75, 3.05) is 0 Å². The molecule has 2 aromatic rings. The Balaban J connectivity index is 2.44. The van der Waals surface area contributed by atoms with E-state index in [0.717, 1.165) is 23.5 Å². The van der Waals surface area contributed by atoms with Gasteiger partial charge in [0.2, 0.25) is 0 Å². The molecular weight excluding hydrogens is 280 g/mol. The van der Waals surface area contributed by atoms with Crippen molar-refractivity contribution in [3.63, 3.8) is 0 Å². The van der Waals surface area contributed by atoms with Crippen LogP contribution in [0.3, 0.4) is 0 Å². The Morgan fingerprint density at radius 2 is 1.71 bits per heavy atom. The Bertz CT molecular complexity index is 611. The quantitative estimate of drug-likeness (QED) is 0.622. The fraction of sp³-hybridized carbons (Fsp3) is 0.368. The lowest BCUT2D eigenvalue weighted by atomic mass is 9.85. The Morgan fingerprint density at radius 3 is 2.33 bits per heavy atom. The van der Waals surface area contributed by atoms with Crippen LogP contribution in [0.5, 0.6) is 11.5 Å². The number of aryl methyl sites for hydroxylation is 1. The van der Waals surface area contributed by atoms with E-state index in [0.29, 0.717) is 5.88 Å². The van der Waals surface area contributed by atoms with Gasteiger partial charge in [-0.15, -0.1) is 11.6 Å². The van der Waals surface area contributed by atoms with E-state index in [1.54, 1.807) is 0 Å². The van der Waals surface area contributed by atoms with Gasteiger partial charge in [-0.25, -0.2) is 0 Å². The molecule has 0 aliphatic heterocycles. The van der Waals surface area contributed by atoms with Gasteiger partial charge in [-0.05, 0) is 29.5 Å². The highest BCUT2D eigenvalue weighted by Crippen LogP contribution is 2.36. The van der Waals surface area contributed by atoms with Crippen LogP contribution in [-0.4, -0.2) is 0 Å². The number of hydrogen-bond donors (Lipinski definition) is 0. The van der Waals surface area contributed by atoms with Gasteiger partial charge in [-0.2, -0.15) is 0 Å². The number of ether oxygens (including phenoxy) is 1. The zero-order valence-corrected chi connectivity index (χ0v) is 14.0. The van der Waals surface area contributed by atoms with Crippen LogP contribution in [0.15, 0.2) is 42.5 Å². The predicted molar refractivity (Wildman–Crippen MR) is 90.6 cm³/mol. The van der Waals surface area contributed by atoms with Gasteiger partial charge in [-0.1, -0.05) is 58.0 Å². The van der Waals surface area contributed by atoms with Gasteiger partial charge in [0, 0.05) is 11.1 Å². The van der Waals surface area contributed by atoms with Crippen LogP contribution in [0.25, 0.3) is 0 Å². The van der Waals surface area contributed by atoms with Crippen LogP contribution in [0.4, 0.5) is 0 Å². The maximum Gasteiger partial charge on any atom is 0.131 e. The summed E-state index contributed by atoms with van der Waals surface area (Å²) in [6.07, 6.45) is 1.03. The Hall–Kier alpha value is -1.47. The number of hydrogen-bond acceptors (Lipinski definition) is 1. The van der Waals surface area contributed by atoms with Crippen LogP contribution in [-0.2, 0) is 17.7 Å².